The van der Waals surface area contributed by atoms with Crippen molar-refractivity contribution in [3.8, 4) is 5.06 Å². The number of hydrogen-bond donors (Lipinski definition) is 1. The minimum atomic E-state index is -0.788. The van der Waals surface area contributed by atoms with E-state index in [0.29, 0.717) is 5.06 Å². The third kappa shape index (κ3) is 2.59. The van der Waals surface area contributed by atoms with Gasteiger partial charge in [0.15, 0.2) is 5.13 Å². The number of carbonyl (C=O) groups is 1. The summed E-state index contributed by atoms with van der Waals surface area (Å²) >= 11 is 1.36. The van der Waals surface area contributed by atoms with Crippen LogP contribution in [0.5, 0.6) is 5.06 Å². The first-order valence-corrected chi connectivity index (χ1v) is 5.75. The number of thiazole rings is 1. The van der Waals surface area contributed by atoms with E-state index in [1.54, 1.807) is 6.20 Å². The Morgan fingerprint density at radius 2 is 2.20 bits per heavy atom. The van der Waals surface area contributed by atoms with Crippen LogP contribution >= 0.6 is 11.3 Å². The van der Waals surface area contributed by atoms with Crippen molar-refractivity contribution in [1.29, 1.82) is 0 Å². The molecule has 1 aromatic heterocycles. The largest absolute Gasteiger partial charge is 0.410 e. The Morgan fingerprint density at radius 1 is 1.47 bits per heavy atom. The van der Waals surface area contributed by atoms with Gasteiger partial charge in [-0.25, -0.2) is 9.78 Å². The molecule has 0 bridgehead atoms. The van der Waals surface area contributed by atoms with E-state index in [9.17, 15) is 4.79 Å². The van der Waals surface area contributed by atoms with Gasteiger partial charge in [-0.2, -0.15) is 0 Å². The van der Waals surface area contributed by atoms with Gasteiger partial charge in [-0.15, -0.1) is 0 Å². The SMILES string of the molecule is NC(=O)Oc1cnc(N2CCCCC2)s1. The molecule has 1 aliphatic rings. The van der Waals surface area contributed by atoms with Crippen LogP contribution in [-0.2, 0) is 0 Å². The summed E-state index contributed by atoms with van der Waals surface area (Å²) in [7, 11) is 0. The Kier molecular flexibility index (Phi) is 3.05. The van der Waals surface area contributed by atoms with Crippen molar-refractivity contribution >= 4 is 22.6 Å². The van der Waals surface area contributed by atoms with E-state index in [0.717, 1.165) is 18.2 Å². The number of ether oxygens (including phenoxy) is 1. The summed E-state index contributed by atoms with van der Waals surface area (Å²) in [5, 5.41) is 1.37. The predicted molar refractivity (Wildman–Crippen MR) is 58.4 cm³/mol. The van der Waals surface area contributed by atoms with Crippen LogP contribution in [0, 0.1) is 0 Å². The maximum absolute atomic E-state index is 10.5. The zero-order chi connectivity index (χ0) is 10.7. The van der Waals surface area contributed by atoms with Crippen molar-refractivity contribution in [2.24, 2.45) is 5.73 Å². The molecular weight excluding hydrogens is 214 g/mol. The van der Waals surface area contributed by atoms with Crippen molar-refractivity contribution in [3.63, 3.8) is 0 Å². The molecule has 1 saturated heterocycles. The average molecular weight is 227 g/mol. The monoisotopic (exact) mass is 227 g/mol. The molecule has 1 aliphatic heterocycles. The average Bonchev–Trinajstić information content (AvgIpc) is 2.67. The van der Waals surface area contributed by atoms with Crippen molar-refractivity contribution in [2.75, 3.05) is 18.0 Å². The van der Waals surface area contributed by atoms with Crippen LogP contribution in [0.1, 0.15) is 19.3 Å². The van der Waals surface area contributed by atoms with E-state index in [1.165, 1.54) is 30.6 Å². The number of anilines is 1. The fraction of sp³-hybridized carbons (Fsp3) is 0.556. The van der Waals surface area contributed by atoms with E-state index in [2.05, 4.69) is 9.88 Å². The number of primary amides is 1. The molecule has 0 unspecified atom stereocenters. The van der Waals surface area contributed by atoms with E-state index >= 15 is 0 Å². The smallest absolute Gasteiger partial charge is 0.398 e. The number of carbonyl (C=O) groups excluding carboxylic acids is 1. The Morgan fingerprint density at radius 3 is 2.87 bits per heavy atom. The first kappa shape index (κ1) is 10.2. The lowest BCUT2D eigenvalue weighted by Crippen LogP contribution is -2.29. The molecule has 2 rings (SSSR count). The van der Waals surface area contributed by atoms with Crippen LogP contribution in [0.25, 0.3) is 0 Å². The first-order valence-electron chi connectivity index (χ1n) is 4.94. The fourth-order valence-electron chi connectivity index (χ4n) is 1.63. The normalized spacial score (nSPS) is 16.4. The second kappa shape index (κ2) is 4.48. The first-order chi connectivity index (χ1) is 7.25. The molecule has 2 N–H and O–H groups in total. The molecule has 2 heterocycles. The lowest BCUT2D eigenvalue weighted by atomic mass is 10.1. The van der Waals surface area contributed by atoms with E-state index in [1.807, 2.05) is 0 Å². The number of rotatable bonds is 2. The third-order valence-corrected chi connectivity index (χ3v) is 3.24. The van der Waals surface area contributed by atoms with Crippen LogP contribution in [0.15, 0.2) is 6.20 Å². The summed E-state index contributed by atoms with van der Waals surface area (Å²) in [4.78, 5) is 16.9. The molecule has 0 aliphatic carbocycles. The van der Waals surface area contributed by atoms with Gasteiger partial charge in [-0.1, -0.05) is 11.3 Å². The standard InChI is InChI=1S/C9H13N3O2S/c10-8(13)14-7-6-11-9(15-7)12-4-2-1-3-5-12/h6H,1-5H2,(H2,10,13). The lowest BCUT2D eigenvalue weighted by Gasteiger charge is -2.25. The Hall–Kier alpha value is -1.30. The Balaban J connectivity index is 2.02. The van der Waals surface area contributed by atoms with Gasteiger partial charge in [-0.05, 0) is 19.3 Å². The lowest BCUT2D eigenvalue weighted by molar-refractivity contribution is 0.212. The Bertz CT molecular complexity index is 347. The number of piperidine rings is 1. The van der Waals surface area contributed by atoms with Crippen LogP contribution in [0.4, 0.5) is 9.93 Å². The highest BCUT2D eigenvalue weighted by molar-refractivity contribution is 7.17. The third-order valence-electron chi connectivity index (χ3n) is 2.30. The van der Waals surface area contributed by atoms with E-state index in [4.69, 9.17) is 10.5 Å². The molecule has 0 radical (unpaired) electrons. The van der Waals surface area contributed by atoms with Gasteiger partial charge in [-0.3, -0.25) is 0 Å². The maximum Gasteiger partial charge on any atom is 0.410 e. The topological polar surface area (TPSA) is 68.5 Å². The summed E-state index contributed by atoms with van der Waals surface area (Å²) in [6.45, 7) is 2.06. The Labute approximate surface area is 91.9 Å². The summed E-state index contributed by atoms with van der Waals surface area (Å²) in [6, 6.07) is 0. The molecular formula is C9H13N3O2S. The molecule has 6 heteroatoms. The van der Waals surface area contributed by atoms with Crippen molar-refractivity contribution in [1.82, 2.24) is 4.98 Å². The van der Waals surface area contributed by atoms with Gasteiger partial charge in [0, 0.05) is 13.1 Å². The zero-order valence-corrected chi connectivity index (χ0v) is 9.13. The molecule has 1 aromatic rings. The predicted octanol–water partition coefficient (Wildman–Crippen LogP) is 1.59. The minimum absolute atomic E-state index is 0.461. The highest BCUT2D eigenvalue weighted by atomic mass is 32.1. The van der Waals surface area contributed by atoms with Crippen molar-refractivity contribution in [2.45, 2.75) is 19.3 Å². The van der Waals surface area contributed by atoms with Gasteiger partial charge in [0.2, 0.25) is 5.06 Å². The number of nitrogens with two attached hydrogens (primary N) is 1. The molecule has 5 nitrogen and oxygen atoms in total. The number of aromatic nitrogens is 1. The van der Waals surface area contributed by atoms with E-state index in [-0.39, 0.29) is 0 Å². The summed E-state index contributed by atoms with van der Waals surface area (Å²) in [6.07, 6.45) is 4.44. The molecule has 0 saturated carbocycles. The highest BCUT2D eigenvalue weighted by Crippen LogP contribution is 2.30. The molecule has 82 valence electrons. The summed E-state index contributed by atoms with van der Waals surface area (Å²) in [5.41, 5.74) is 4.92. The molecule has 15 heavy (non-hydrogen) atoms. The summed E-state index contributed by atoms with van der Waals surface area (Å²) < 4.78 is 4.75. The van der Waals surface area contributed by atoms with Crippen LogP contribution < -0.4 is 15.4 Å². The van der Waals surface area contributed by atoms with Crippen LogP contribution in [0.2, 0.25) is 0 Å². The maximum atomic E-state index is 10.5. The van der Waals surface area contributed by atoms with Crippen molar-refractivity contribution in [3.05, 3.63) is 6.20 Å². The summed E-state index contributed by atoms with van der Waals surface area (Å²) in [5.74, 6) is 0. The second-order valence-corrected chi connectivity index (χ2v) is 4.40. The highest BCUT2D eigenvalue weighted by Gasteiger charge is 2.15. The number of hydrogen-bond acceptors (Lipinski definition) is 5. The van der Waals surface area contributed by atoms with Crippen LogP contribution in [-0.4, -0.2) is 24.2 Å². The van der Waals surface area contributed by atoms with Gasteiger partial charge < -0.3 is 15.4 Å². The van der Waals surface area contributed by atoms with Crippen LogP contribution in [0.3, 0.4) is 0 Å². The van der Waals surface area contributed by atoms with E-state index < -0.39 is 6.09 Å². The second-order valence-electron chi connectivity index (χ2n) is 3.43. The number of nitrogens with zero attached hydrogens (tertiary/aromatic N) is 2. The van der Waals surface area contributed by atoms with Crippen molar-refractivity contribution < 1.29 is 9.53 Å². The van der Waals surface area contributed by atoms with Gasteiger partial charge in [0.25, 0.3) is 0 Å². The molecule has 1 amide bonds. The number of amides is 1. The van der Waals surface area contributed by atoms with Gasteiger partial charge >= 0.3 is 6.09 Å². The molecule has 0 aromatic carbocycles. The molecule has 0 atom stereocenters. The molecule has 0 spiro atoms. The minimum Gasteiger partial charge on any atom is -0.398 e. The zero-order valence-electron chi connectivity index (χ0n) is 8.31. The molecule has 1 fully saturated rings. The van der Waals surface area contributed by atoms with Gasteiger partial charge in [0.1, 0.15) is 0 Å². The van der Waals surface area contributed by atoms with Gasteiger partial charge in [0.05, 0.1) is 6.20 Å². The fourth-order valence-corrected chi connectivity index (χ4v) is 2.45. The quantitative estimate of drug-likeness (QED) is 0.833.